The summed E-state index contributed by atoms with van der Waals surface area (Å²) < 4.78 is 13.5. The second-order valence-corrected chi connectivity index (χ2v) is 4.90. The lowest BCUT2D eigenvalue weighted by atomic mass is 10.2. The maximum Gasteiger partial charge on any atom is 0.323 e. The van der Waals surface area contributed by atoms with E-state index in [2.05, 4.69) is 10.6 Å². The van der Waals surface area contributed by atoms with Gasteiger partial charge in [-0.15, -0.1) is 0 Å². The van der Waals surface area contributed by atoms with Gasteiger partial charge in [0.25, 0.3) is 0 Å². The number of hydrogen-bond acceptors (Lipinski definition) is 1. The zero-order chi connectivity index (χ0) is 14.7. The summed E-state index contributed by atoms with van der Waals surface area (Å²) >= 11 is 11.8. The molecule has 0 aliphatic rings. The molecular formula is C14H11Cl2FN2O. The fourth-order valence-corrected chi connectivity index (χ4v) is 2.01. The molecular weight excluding hydrogens is 302 g/mol. The van der Waals surface area contributed by atoms with E-state index in [1.165, 1.54) is 18.2 Å². The van der Waals surface area contributed by atoms with Crippen molar-refractivity contribution in [3.05, 3.63) is 57.8 Å². The van der Waals surface area contributed by atoms with Crippen LogP contribution in [0.15, 0.2) is 36.4 Å². The highest BCUT2D eigenvalue weighted by Gasteiger charge is 2.12. The maximum absolute atomic E-state index is 13.5. The average Bonchev–Trinajstić information content (AvgIpc) is 2.39. The minimum atomic E-state index is -0.601. The molecule has 2 N–H and O–H groups in total. The van der Waals surface area contributed by atoms with Gasteiger partial charge < -0.3 is 10.6 Å². The number of hydrogen-bond donors (Lipinski definition) is 2. The van der Waals surface area contributed by atoms with E-state index in [1.807, 2.05) is 0 Å². The normalized spacial score (nSPS) is 10.2. The Labute approximate surface area is 125 Å². The van der Waals surface area contributed by atoms with E-state index in [0.717, 1.165) is 5.56 Å². The van der Waals surface area contributed by atoms with Crippen LogP contribution in [0.25, 0.3) is 0 Å². The van der Waals surface area contributed by atoms with Crippen molar-refractivity contribution in [2.45, 2.75) is 6.92 Å². The van der Waals surface area contributed by atoms with Crippen LogP contribution < -0.4 is 10.6 Å². The van der Waals surface area contributed by atoms with Gasteiger partial charge in [-0.1, -0.05) is 35.3 Å². The smallest absolute Gasteiger partial charge is 0.307 e. The van der Waals surface area contributed by atoms with E-state index in [1.54, 1.807) is 25.1 Å². The molecule has 0 aliphatic heterocycles. The van der Waals surface area contributed by atoms with Crippen LogP contribution in [0.5, 0.6) is 0 Å². The molecule has 2 rings (SSSR count). The predicted octanol–water partition coefficient (Wildman–Crippen LogP) is 5.08. The quantitative estimate of drug-likeness (QED) is 0.797. The molecule has 0 heterocycles. The first-order valence-electron chi connectivity index (χ1n) is 5.76. The number of para-hydroxylation sites is 1. The van der Waals surface area contributed by atoms with Crippen molar-refractivity contribution in [1.82, 2.24) is 0 Å². The third-order valence-corrected chi connectivity index (χ3v) is 3.44. The Morgan fingerprint density at radius 1 is 1.05 bits per heavy atom. The molecule has 0 bridgehead atoms. The number of rotatable bonds is 2. The molecule has 0 unspecified atom stereocenters. The number of anilines is 2. The molecule has 0 saturated heterocycles. The minimum Gasteiger partial charge on any atom is -0.307 e. The fourth-order valence-electron chi connectivity index (χ4n) is 1.63. The third-order valence-electron chi connectivity index (χ3n) is 2.72. The van der Waals surface area contributed by atoms with Crippen molar-refractivity contribution in [2.24, 2.45) is 0 Å². The molecule has 0 aliphatic carbocycles. The molecule has 2 aromatic carbocycles. The van der Waals surface area contributed by atoms with E-state index < -0.39 is 11.8 Å². The maximum atomic E-state index is 13.5. The number of halogens is 3. The van der Waals surface area contributed by atoms with E-state index >= 15 is 0 Å². The SMILES string of the molecule is Cc1c(Cl)cccc1NC(=O)Nc1c(F)cccc1Cl. The van der Waals surface area contributed by atoms with Crippen LogP contribution in [0, 0.1) is 12.7 Å². The molecule has 104 valence electrons. The van der Waals surface area contributed by atoms with Gasteiger partial charge in [0.1, 0.15) is 5.82 Å². The Morgan fingerprint density at radius 2 is 1.70 bits per heavy atom. The van der Waals surface area contributed by atoms with Crippen molar-refractivity contribution in [2.75, 3.05) is 10.6 Å². The molecule has 2 aromatic rings. The molecule has 0 spiro atoms. The molecule has 0 atom stereocenters. The van der Waals surface area contributed by atoms with Crippen LogP contribution in [-0.2, 0) is 0 Å². The van der Waals surface area contributed by atoms with Crippen LogP contribution in [0.4, 0.5) is 20.6 Å². The molecule has 0 aromatic heterocycles. The standard InChI is InChI=1S/C14H11Cl2FN2O/c1-8-9(15)4-3-7-12(8)18-14(20)19-13-10(16)5-2-6-11(13)17/h2-7H,1H3,(H2,18,19,20). The number of amides is 2. The topological polar surface area (TPSA) is 41.1 Å². The Bertz CT molecular complexity index is 641. The Kier molecular flexibility index (Phi) is 4.47. The summed E-state index contributed by atoms with van der Waals surface area (Å²) in [7, 11) is 0. The first-order valence-corrected chi connectivity index (χ1v) is 6.52. The van der Waals surface area contributed by atoms with Crippen LogP contribution >= 0.6 is 23.2 Å². The van der Waals surface area contributed by atoms with E-state index in [4.69, 9.17) is 23.2 Å². The lowest BCUT2D eigenvalue weighted by Crippen LogP contribution is -2.21. The van der Waals surface area contributed by atoms with Gasteiger partial charge in [-0.3, -0.25) is 0 Å². The second kappa shape index (κ2) is 6.11. The lowest BCUT2D eigenvalue weighted by Gasteiger charge is -2.12. The van der Waals surface area contributed by atoms with Crippen molar-refractivity contribution in [3.8, 4) is 0 Å². The van der Waals surface area contributed by atoms with Gasteiger partial charge >= 0.3 is 6.03 Å². The van der Waals surface area contributed by atoms with Gasteiger partial charge in [0.05, 0.1) is 10.7 Å². The zero-order valence-electron chi connectivity index (χ0n) is 10.5. The van der Waals surface area contributed by atoms with Crippen molar-refractivity contribution in [1.29, 1.82) is 0 Å². The molecule has 0 fully saturated rings. The van der Waals surface area contributed by atoms with Gasteiger partial charge in [0, 0.05) is 10.7 Å². The lowest BCUT2D eigenvalue weighted by molar-refractivity contribution is 0.262. The average molecular weight is 313 g/mol. The third kappa shape index (κ3) is 3.21. The van der Waals surface area contributed by atoms with Crippen LogP contribution in [-0.4, -0.2) is 6.03 Å². The van der Waals surface area contributed by atoms with Crippen molar-refractivity contribution >= 4 is 40.6 Å². The van der Waals surface area contributed by atoms with E-state index in [9.17, 15) is 9.18 Å². The number of carbonyl (C=O) groups is 1. The molecule has 0 radical (unpaired) electrons. The Morgan fingerprint density at radius 3 is 2.40 bits per heavy atom. The zero-order valence-corrected chi connectivity index (χ0v) is 12.0. The highest BCUT2D eigenvalue weighted by atomic mass is 35.5. The molecule has 3 nitrogen and oxygen atoms in total. The van der Waals surface area contributed by atoms with Crippen LogP contribution in [0.3, 0.4) is 0 Å². The molecule has 20 heavy (non-hydrogen) atoms. The first-order chi connectivity index (χ1) is 9.49. The Balaban J connectivity index is 2.16. The molecule has 2 amide bonds. The summed E-state index contributed by atoms with van der Waals surface area (Å²) in [4.78, 5) is 11.9. The summed E-state index contributed by atoms with van der Waals surface area (Å²) in [6.45, 7) is 1.77. The number of benzene rings is 2. The monoisotopic (exact) mass is 312 g/mol. The summed E-state index contributed by atoms with van der Waals surface area (Å²) in [6, 6.07) is 8.69. The summed E-state index contributed by atoms with van der Waals surface area (Å²) in [6.07, 6.45) is 0. The fraction of sp³-hybridized carbons (Fsp3) is 0.0714. The highest BCUT2D eigenvalue weighted by Crippen LogP contribution is 2.26. The number of carbonyl (C=O) groups excluding carboxylic acids is 1. The first kappa shape index (κ1) is 14.6. The van der Waals surface area contributed by atoms with Gasteiger partial charge in [0.15, 0.2) is 0 Å². The van der Waals surface area contributed by atoms with Gasteiger partial charge in [-0.2, -0.15) is 0 Å². The molecule has 6 heteroatoms. The van der Waals surface area contributed by atoms with Crippen LogP contribution in [0.2, 0.25) is 10.0 Å². The second-order valence-electron chi connectivity index (χ2n) is 4.09. The summed E-state index contributed by atoms with van der Waals surface area (Å²) in [5, 5.41) is 5.63. The molecule has 0 saturated carbocycles. The summed E-state index contributed by atoms with van der Waals surface area (Å²) in [5.74, 6) is -0.601. The van der Waals surface area contributed by atoms with Crippen molar-refractivity contribution in [3.63, 3.8) is 0 Å². The minimum absolute atomic E-state index is 0.0636. The van der Waals surface area contributed by atoms with E-state index in [0.29, 0.717) is 10.7 Å². The van der Waals surface area contributed by atoms with Crippen molar-refractivity contribution < 1.29 is 9.18 Å². The van der Waals surface area contributed by atoms with E-state index in [-0.39, 0.29) is 10.7 Å². The number of nitrogens with one attached hydrogen (secondary N) is 2. The highest BCUT2D eigenvalue weighted by molar-refractivity contribution is 6.34. The van der Waals surface area contributed by atoms with Crippen LogP contribution in [0.1, 0.15) is 5.56 Å². The van der Waals surface area contributed by atoms with Gasteiger partial charge in [-0.05, 0) is 36.8 Å². The largest absolute Gasteiger partial charge is 0.323 e. The van der Waals surface area contributed by atoms with Gasteiger partial charge in [-0.25, -0.2) is 9.18 Å². The summed E-state index contributed by atoms with van der Waals surface area (Å²) in [5.41, 5.74) is 1.21. The Hall–Kier alpha value is -1.78. The number of urea groups is 1. The van der Waals surface area contributed by atoms with Gasteiger partial charge in [0.2, 0.25) is 0 Å². The predicted molar refractivity (Wildman–Crippen MR) is 80.2 cm³/mol.